The average Bonchev–Trinajstić information content (AvgIpc) is 2.95. The average molecular weight is 440 g/mol. The van der Waals surface area contributed by atoms with Crippen LogP contribution in [0.5, 0.6) is 0 Å². The van der Waals surface area contributed by atoms with Gasteiger partial charge in [-0.1, -0.05) is 48.2 Å². The Labute approximate surface area is 183 Å². The number of alkyl halides is 3. The molecule has 7 heteroatoms. The van der Waals surface area contributed by atoms with Gasteiger partial charge in [-0.05, 0) is 36.4 Å². The fraction of sp³-hybridized carbons (Fsp3) is 0.208. The Balaban J connectivity index is 1.41. The van der Waals surface area contributed by atoms with Crippen LogP contribution >= 0.6 is 11.8 Å². The van der Waals surface area contributed by atoms with Crippen LogP contribution < -0.4 is 4.90 Å². The van der Waals surface area contributed by atoms with E-state index in [9.17, 15) is 13.2 Å². The molecule has 3 aromatic carbocycles. The van der Waals surface area contributed by atoms with Gasteiger partial charge in [0.25, 0.3) is 0 Å². The van der Waals surface area contributed by atoms with Crippen molar-refractivity contribution in [1.29, 1.82) is 0 Å². The molecule has 31 heavy (non-hydrogen) atoms. The van der Waals surface area contributed by atoms with Crippen molar-refractivity contribution in [3.05, 3.63) is 83.9 Å². The second kappa shape index (κ2) is 7.96. The van der Waals surface area contributed by atoms with Crippen molar-refractivity contribution >= 4 is 29.0 Å². The van der Waals surface area contributed by atoms with E-state index in [0.717, 1.165) is 32.9 Å². The van der Waals surface area contributed by atoms with Crippen molar-refractivity contribution < 1.29 is 13.2 Å². The van der Waals surface area contributed by atoms with Crippen LogP contribution in [0.1, 0.15) is 11.1 Å². The molecule has 0 saturated carbocycles. The molecule has 0 radical (unpaired) electrons. The number of benzene rings is 3. The van der Waals surface area contributed by atoms with E-state index in [1.165, 1.54) is 12.1 Å². The maximum Gasteiger partial charge on any atom is 0.416 e. The van der Waals surface area contributed by atoms with Crippen molar-refractivity contribution in [3.63, 3.8) is 0 Å². The summed E-state index contributed by atoms with van der Waals surface area (Å²) >= 11 is 1.71. The highest BCUT2D eigenvalue weighted by molar-refractivity contribution is 7.99. The number of aliphatic imine (C=N–C) groups is 1. The molecule has 1 saturated heterocycles. The van der Waals surface area contributed by atoms with Gasteiger partial charge >= 0.3 is 6.18 Å². The summed E-state index contributed by atoms with van der Waals surface area (Å²) in [7, 11) is 0. The first kappa shape index (κ1) is 20.0. The predicted octanol–water partition coefficient (Wildman–Crippen LogP) is 6.07. The van der Waals surface area contributed by atoms with E-state index in [4.69, 9.17) is 4.99 Å². The lowest BCUT2D eigenvalue weighted by molar-refractivity contribution is -0.137. The van der Waals surface area contributed by atoms with Crippen molar-refractivity contribution in [2.24, 2.45) is 4.99 Å². The lowest BCUT2D eigenvalue weighted by Crippen LogP contribution is -2.49. The Morgan fingerprint density at radius 2 is 1.42 bits per heavy atom. The summed E-state index contributed by atoms with van der Waals surface area (Å²) in [6, 6.07) is 21.9. The first-order chi connectivity index (χ1) is 15.0. The number of hydrogen-bond acceptors (Lipinski definition) is 4. The number of nitrogens with zero attached hydrogens (tertiary/aromatic N) is 3. The van der Waals surface area contributed by atoms with E-state index in [-0.39, 0.29) is 0 Å². The van der Waals surface area contributed by atoms with Gasteiger partial charge in [0, 0.05) is 47.2 Å². The molecule has 0 N–H and O–H groups in total. The SMILES string of the molecule is FC(F)(F)c1cccc(N2CCN(C3=Nc4ccccc4Sc4ccccc43)CC2)c1. The van der Waals surface area contributed by atoms with Crippen LogP contribution in [0.2, 0.25) is 0 Å². The summed E-state index contributed by atoms with van der Waals surface area (Å²) in [5.41, 5.74) is 2.04. The van der Waals surface area contributed by atoms with E-state index in [0.29, 0.717) is 31.9 Å². The van der Waals surface area contributed by atoms with Crippen LogP contribution in [0.4, 0.5) is 24.5 Å². The van der Waals surface area contributed by atoms with Gasteiger partial charge in [-0.3, -0.25) is 0 Å². The molecule has 0 unspecified atom stereocenters. The predicted molar refractivity (Wildman–Crippen MR) is 118 cm³/mol. The molecule has 1 fully saturated rings. The molecule has 0 amide bonds. The minimum atomic E-state index is -4.33. The molecule has 3 nitrogen and oxygen atoms in total. The van der Waals surface area contributed by atoms with Crippen molar-refractivity contribution in [2.45, 2.75) is 16.0 Å². The fourth-order valence-electron chi connectivity index (χ4n) is 3.97. The third-order valence-corrected chi connectivity index (χ3v) is 6.70. The van der Waals surface area contributed by atoms with Gasteiger partial charge in [-0.25, -0.2) is 4.99 Å². The van der Waals surface area contributed by atoms with E-state index in [1.54, 1.807) is 17.8 Å². The molecular weight excluding hydrogens is 419 g/mol. The zero-order valence-electron chi connectivity index (χ0n) is 16.6. The molecule has 0 spiro atoms. The highest BCUT2D eigenvalue weighted by Crippen LogP contribution is 2.40. The lowest BCUT2D eigenvalue weighted by Gasteiger charge is -2.38. The standard InChI is InChI=1S/C24H20F3N3S/c25-24(26,27)17-6-5-7-18(16-17)29-12-14-30(15-13-29)23-19-8-1-3-10-21(19)31-22-11-4-2-9-20(22)28-23/h1-11,16H,12-15H2. The molecule has 3 aromatic rings. The Bertz CT molecular complexity index is 1130. The number of hydrogen-bond donors (Lipinski definition) is 0. The van der Waals surface area contributed by atoms with Crippen LogP contribution in [0.15, 0.2) is 87.6 Å². The molecule has 2 heterocycles. The van der Waals surface area contributed by atoms with E-state index in [2.05, 4.69) is 23.1 Å². The summed E-state index contributed by atoms with van der Waals surface area (Å²) < 4.78 is 39.3. The smallest absolute Gasteiger partial charge is 0.368 e. The largest absolute Gasteiger partial charge is 0.416 e. The zero-order valence-corrected chi connectivity index (χ0v) is 17.5. The van der Waals surface area contributed by atoms with E-state index >= 15 is 0 Å². The molecule has 0 aromatic heterocycles. The Hall–Kier alpha value is -2.93. The summed E-state index contributed by atoms with van der Waals surface area (Å²) in [5, 5.41) is 0. The highest BCUT2D eigenvalue weighted by atomic mass is 32.2. The molecule has 158 valence electrons. The molecule has 0 atom stereocenters. The highest BCUT2D eigenvalue weighted by Gasteiger charge is 2.31. The number of rotatable bonds is 1. The van der Waals surface area contributed by atoms with Crippen molar-refractivity contribution in [2.75, 3.05) is 31.1 Å². The van der Waals surface area contributed by atoms with Crippen molar-refractivity contribution in [3.8, 4) is 0 Å². The summed E-state index contributed by atoms with van der Waals surface area (Å²) in [5.74, 6) is 0.928. The minimum Gasteiger partial charge on any atom is -0.368 e. The van der Waals surface area contributed by atoms with E-state index < -0.39 is 11.7 Å². The number of para-hydroxylation sites is 1. The number of anilines is 1. The van der Waals surface area contributed by atoms with Gasteiger partial charge in [-0.2, -0.15) is 13.2 Å². The quantitative estimate of drug-likeness (QED) is 0.459. The van der Waals surface area contributed by atoms with Gasteiger partial charge in [-0.15, -0.1) is 0 Å². The second-order valence-electron chi connectivity index (χ2n) is 7.52. The monoisotopic (exact) mass is 439 g/mol. The molecule has 0 bridgehead atoms. The summed E-state index contributed by atoms with van der Waals surface area (Å²) in [4.78, 5) is 11.5. The lowest BCUT2D eigenvalue weighted by atomic mass is 10.1. The summed E-state index contributed by atoms with van der Waals surface area (Å²) in [6.45, 7) is 2.65. The first-order valence-electron chi connectivity index (χ1n) is 10.1. The van der Waals surface area contributed by atoms with Crippen molar-refractivity contribution in [1.82, 2.24) is 4.90 Å². The Kier molecular flexibility index (Phi) is 5.14. The zero-order chi connectivity index (χ0) is 21.4. The molecule has 5 rings (SSSR count). The van der Waals surface area contributed by atoms with Crippen LogP contribution in [-0.2, 0) is 6.18 Å². The van der Waals surface area contributed by atoms with Gasteiger partial charge < -0.3 is 9.80 Å². The molecule has 2 aliphatic rings. The number of piperazine rings is 1. The van der Waals surface area contributed by atoms with Crippen LogP contribution in [0, 0.1) is 0 Å². The van der Waals surface area contributed by atoms with Crippen LogP contribution in [-0.4, -0.2) is 36.9 Å². The normalized spacial score (nSPS) is 16.3. The van der Waals surface area contributed by atoms with Gasteiger partial charge in [0.1, 0.15) is 5.84 Å². The number of fused-ring (bicyclic) bond motifs is 2. The third-order valence-electron chi connectivity index (χ3n) is 5.56. The number of amidine groups is 1. The van der Waals surface area contributed by atoms with Gasteiger partial charge in [0.2, 0.25) is 0 Å². The maximum absolute atomic E-state index is 13.1. The van der Waals surface area contributed by atoms with Crippen LogP contribution in [0.3, 0.4) is 0 Å². The minimum absolute atomic E-state index is 0.608. The Morgan fingerprint density at radius 1 is 0.742 bits per heavy atom. The molecule has 2 aliphatic heterocycles. The third kappa shape index (κ3) is 4.02. The van der Waals surface area contributed by atoms with Gasteiger partial charge in [0.15, 0.2) is 0 Å². The first-order valence-corrected chi connectivity index (χ1v) is 10.9. The summed E-state index contributed by atoms with van der Waals surface area (Å²) in [6.07, 6.45) is -4.33. The van der Waals surface area contributed by atoms with Gasteiger partial charge in [0.05, 0.1) is 11.3 Å². The van der Waals surface area contributed by atoms with Crippen LogP contribution in [0.25, 0.3) is 0 Å². The molecular formula is C24H20F3N3S. The second-order valence-corrected chi connectivity index (χ2v) is 8.61. The van der Waals surface area contributed by atoms with E-state index in [1.807, 2.05) is 35.2 Å². The topological polar surface area (TPSA) is 18.8 Å². The maximum atomic E-state index is 13.1. The molecule has 0 aliphatic carbocycles. The Morgan fingerprint density at radius 3 is 2.19 bits per heavy atom. The fourth-order valence-corrected chi connectivity index (χ4v) is 4.98. The number of halogens is 3.